The summed E-state index contributed by atoms with van der Waals surface area (Å²) < 4.78 is 5.74. The van der Waals surface area contributed by atoms with E-state index >= 15 is 0 Å². The molecule has 3 aromatic rings. The summed E-state index contributed by atoms with van der Waals surface area (Å²) in [5, 5.41) is 1.97. The van der Waals surface area contributed by atoms with Crippen molar-refractivity contribution >= 4 is 28.4 Å². The highest BCUT2D eigenvalue weighted by molar-refractivity contribution is 5.90. The minimum absolute atomic E-state index is 0.00885. The van der Waals surface area contributed by atoms with E-state index in [0.717, 1.165) is 16.3 Å². The van der Waals surface area contributed by atoms with E-state index in [1.54, 1.807) is 0 Å². The molecule has 0 heterocycles. The molecule has 1 unspecified atom stereocenters. The first-order chi connectivity index (χ1) is 13.1. The maximum atomic E-state index is 12.8. The first-order valence-electron chi connectivity index (χ1n) is 8.95. The van der Waals surface area contributed by atoms with Gasteiger partial charge < -0.3 is 16.2 Å². The zero-order valence-electron chi connectivity index (χ0n) is 15.3. The molecule has 0 amide bonds. The normalized spacial score (nSPS) is 11.7. The van der Waals surface area contributed by atoms with Crippen LogP contribution in [0.25, 0.3) is 10.8 Å². The van der Waals surface area contributed by atoms with Gasteiger partial charge in [0, 0.05) is 5.39 Å². The molecule has 5 nitrogen and oxygen atoms in total. The Hall–Kier alpha value is -3.34. The number of hydrogen-bond donors (Lipinski definition) is 2. The number of rotatable bonds is 6. The van der Waals surface area contributed by atoms with E-state index in [1.807, 2.05) is 73.7 Å². The maximum Gasteiger partial charge on any atom is 0.314 e. The number of fused-ring (bicyclic) bond motifs is 1. The molecule has 0 aliphatic heterocycles. The van der Waals surface area contributed by atoms with Gasteiger partial charge in [-0.05, 0) is 42.0 Å². The van der Waals surface area contributed by atoms with E-state index in [4.69, 9.17) is 16.2 Å². The smallest absolute Gasteiger partial charge is 0.314 e. The van der Waals surface area contributed by atoms with Crippen molar-refractivity contribution in [3.63, 3.8) is 0 Å². The molecule has 3 rings (SSSR count). The van der Waals surface area contributed by atoms with Gasteiger partial charge in [0.05, 0.1) is 11.6 Å². The molecule has 138 valence electrons. The van der Waals surface area contributed by atoms with Crippen molar-refractivity contribution in [2.45, 2.75) is 19.8 Å². The second-order valence-electron chi connectivity index (χ2n) is 6.41. The first-order valence-corrected chi connectivity index (χ1v) is 8.95. The summed E-state index contributed by atoms with van der Waals surface area (Å²) >= 11 is 0. The Labute approximate surface area is 158 Å². The number of carbonyl (C=O) groups excluding carboxylic acids is 1. The Bertz CT molecular complexity index is 973. The van der Waals surface area contributed by atoms with Crippen molar-refractivity contribution < 1.29 is 9.53 Å². The largest absolute Gasteiger partial charge is 0.426 e. The SMILES string of the molecule is CCC(Cc1cccc(N=C(N)N)c1)C(=O)Oc1cccc2ccccc12. The van der Waals surface area contributed by atoms with E-state index in [1.165, 1.54) is 0 Å². The second-order valence-corrected chi connectivity index (χ2v) is 6.41. The molecule has 1 atom stereocenters. The van der Waals surface area contributed by atoms with E-state index < -0.39 is 0 Å². The van der Waals surface area contributed by atoms with E-state index in [2.05, 4.69) is 4.99 Å². The lowest BCUT2D eigenvalue weighted by Gasteiger charge is -2.15. The summed E-state index contributed by atoms with van der Waals surface area (Å²) in [4.78, 5) is 16.8. The van der Waals surface area contributed by atoms with Crippen LogP contribution in [0.4, 0.5) is 5.69 Å². The van der Waals surface area contributed by atoms with Gasteiger partial charge >= 0.3 is 5.97 Å². The summed E-state index contributed by atoms with van der Waals surface area (Å²) in [5.41, 5.74) is 12.5. The molecule has 0 bridgehead atoms. The zero-order chi connectivity index (χ0) is 19.2. The number of benzene rings is 3. The minimum atomic E-state index is -0.251. The maximum absolute atomic E-state index is 12.8. The van der Waals surface area contributed by atoms with Crippen molar-refractivity contribution in [1.82, 2.24) is 0 Å². The third-order valence-corrected chi connectivity index (χ3v) is 4.44. The van der Waals surface area contributed by atoms with Crippen LogP contribution >= 0.6 is 0 Å². The predicted octanol–water partition coefficient (Wildman–Crippen LogP) is 3.92. The number of aliphatic imine (C=N–C) groups is 1. The van der Waals surface area contributed by atoms with Gasteiger partial charge in [-0.3, -0.25) is 4.79 Å². The molecule has 0 aliphatic carbocycles. The van der Waals surface area contributed by atoms with Crippen LogP contribution in [0.3, 0.4) is 0 Å². The van der Waals surface area contributed by atoms with Crippen LogP contribution in [0.5, 0.6) is 5.75 Å². The highest BCUT2D eigenvalue weighted by atomic mass is 16.5. The summed E-state index contributed by atoms with van der Waals surface area (Å²) in [7, 11) is 0. The number of hydrogen-bond acceptors (Lipinski definition) is 3. The fourth-order valence-electron chi connectivity index (χ4n) is 3.06. The van der Waals surface area contributed by atoms with Crippen LogP contribution < -0.4 is 16.2 Å². The number of esters is 1. The van der Waals surface area contributed by atoms with Crippen molar-refractivity contribution in [2.24, 2.45) is 22.4 Å². The van der Waals surface area contributed by atoms with Gasteiger partial charge in [0.15, 0.2) is 5.96 Å². The minimum Gasteiger partial charge on any atom is -0.426 e. The predicted molar refractivity (Wildman–Crippen MR) is 109 cm³/mol. The van der Waals surface area contributed by atoms with E-state index in [-0.39, 0.29) is 17.8 Å². The number of guanidine groups is 1. The van der Waals surface area contributed by atoms with Crippen LogP contribution in [0, 0.1) is 5.92 Å². The molecular formula is C22H23N3O2. The van der Waals surface area contributed by atoms with Gasteiger partial charge in [0.25, 0.3) is 0 Å². The molecule has 0 aromatic heterocycles. The Morgan fingerprint density at radius 2 is 1.78 bits per heavy atom. The van der Waals surface area contributed by atoms with Crippen LogP contribution in [0.15, 0.2) is 71.7 Å². The van der Waals surface area contributed by atoms with Crippen molar-refractivity contribution in [3.05, 3.63) is 72.3 Å². The average Bonchev–Trinajstić information content (AvgIpc) is 2.66. The van der Waals surface area contributed by atoms with Gasteiger partial charge in [-0.25, -0.2) is 4.99 Å². The third kappa shape index (κ3) is 4.64. The molecule has 0 spiro atoms. The Balaban J connectivity index is 1.77. The van der Waals surface area contributed by atoms with Crippen LogP contribution in [0.2, 0.25) is 0 Å². The topological polar surface area (TPSA) is 90.7 Å². The summed E-state index contributed by atoms with van der Waals surface area (Å²) in [6, 6.07) is 21.1. The molecule has 4 N–H and O–H groups in total. The molecule has 0 aliphatic rings. The lowest BCUT2D eigenvalue weighted by Crippen LogP contribution is -2.22. The highest BCUT2D eigenvalue weighted by Crippen LogP contribution is 2.27. The van der Waals surface area contributed by atoms with E-state index in [9.17, 15) is 4.79 Å². The molecule has 0 fully saturated rings. The van der Waals surface area contributed by atoms with Gasteiger partial charge in [-0.15, -0.1) is 0 Å². The van der Waals surface area contributed by atoms with Gasteiger partial charge in [-0.1, -0.05) is 55.5 Å². The Morgan fingerprint density at radius 3 is 2.56 bits per heavy atom. The fraction of sp³-hybridized carbons (Fsp3) is 0.182. The van der Waals surface area contributed by atoms with Gasteiger partial charge in [-0.2, -0.15) is 0 Å². The number of ether oxygens (including phenoxy) is 1. The summed E-state index contributed by atoms with van der Waals surface area (Å²) in [5.74, 6) is 0.111. The Morgan fingerprint density at radius 1 is 1.04 bits per heavy atom. The van der Waals surface area contributed by atoms with Gasteiger partial charge in [0.2, 0.25) is 0 Å². The van der Waals surface area contributed by atoms with Crippen LogP contribution in [-0.4, -0.2) is 11.9 Å². The first kappa shape index (κ1) is 18.5. The van der Waals surface area contributed by atoms with Crippen LogP contribution in [-0.2, 0) is 11.2 Å². The molecule has 0 saturated carbocycles. The van der Waals surface area contributed by atoms with Crippen molar-refractivity contribution in [3.8, 4) is 5.75 Å². The summed E-state index contributed by atoms with van der Waals surface area (Å²) in [6.45, 7) is 1.98. The summed E-state index contributed by atoms with van der Waals surface area (Å²) in [6.07, 6.45) is 1.24. The number of nitrogens with two attached hydrogens (primary N) is 2. The lowest BCUT2D eigenvalue weighted by molar-refractivity contribution is -0.138. The average molecular weight is 361 g/mol. The number of carbonyl (C=O) groups is 1. The molecule has 3 aromatic carbocycles. The zero-order valence-corrected chi connectivity index (χ0v) is 15.3. The third-order valence-electron chi connectivity index (χ3n) is 4.44. The van der Waals surface area contributed by atoms with Crippen molar-refractivity contribution in [1.29, 1.82) is 0 Å². The fourth-order valence-corrected chi connectivity index (χ4v) is 3.06. The monoisotopic (exact) mass is 361 g/mol. The molecule has 0 radical (unpaired) electrons. The molecule has 5 heteroatoms. The lowest BCUT2D eigenvalue weighted by atomic mass is 9.96. The van der Waals surface area contributed by atoms with Crippen LogP contribution in [0.1, 0.15) is 18.9 Å². The molecular weight excluding hydrogens is 338 g/mol. The van der Waals surface area contributed by atoms with Gasteiger partial charge in [0.1, 0.15) is 5.75 Å². The van der Waals surface area contributed by atoms with Crippen molar-refractivity contribution in [2.75, 3.05) is 0 Å². The number of nitrogens with zero attached hydrogens (tertiary/aromatic N) is 1. The van der Waals surface area contributed by atoms with E-state index in [0.29, 0.717) is 24.3 Å². The standard InChI is InChI=1S/C22H23N3O2/c1-2-16(13-15-7-5-10-18(14-15)25-22(23)24)21(26)27-20-12-6-9-17-8-3-4-11-19(17)20/h3-12,14,16H,2,13H2,1H3,(H4,23,24,25). The highest BCUT2D eigenvalue weighted by Gasteiger charge is 2.20. The second kappa shape index (κ2) is 8.36. The molecule has 27 heavy (non-hydrogen) atoms. The quantitative estimate of drug-likeness (QED) is 0.301. The molecule has 0 saturated heterocycles. The Kier molecular flexibility index (Phi) is 5.71.